The summed E-state index contributed by atoms with van der Waals surface area (Å²) in [7, 11) is 3.34. The van der Waals surface area contributed by atoms with Gasteiger partial charge in [0.15, 0.2) is 0 Å². The molecule has 1 aliphatic rings. The maximum atomic E-state index is 14.3. The van der Waals surface area contributed by atoms with Crippen LogP contribution in [0.4, 0.5) is 14.9 Å². The Morgan fingerprint density at radius 3 is 2.61 bits per heavy atom. The quantitative estimate of drug-likeness (QED) is 0.634. The molecule has 0 aliphatic carbocycles. The number of ether oxygens (including phenoxy) is 3. The standard InChI is InChI=1S/C24H29FN2O4/c1-4-11-26-23(28)27(2)21-7-5-18(6-8-21)17-31-22-15-19(14-20(25)16-22)24(29-3)9-12-30-13-10-24/h4-8,14-16H,1,9-13,17H2,2-3H3,(H,26,28). The highest BCUT2D eigenvalue weighted by Crippen LogP contribution is 2.37. The van der Waals surface area contributed by atoms with Gasteiger partial charge in [-0.15, -0.1) is 6.58 Å². The topological polar surface area (TPSA) is 60.0 Å². The Hall–Kier alpha value is -2.90. The van der Waals surface area contributed by atoms with Gasteiger partial charge in [-0.25, -0.2) is 9.18 Å². The molecule has 1 heterocycles. The molecule has 0 radical (unpaired) electrons. The van der Waals surface area contributed by atoms with Gasteiger partial charge in [-0.1, -0.05) is 18.2 Å². The predicted molar refractivity (Wildman–Crippen MR) is 118 cm³/mol. The third kappa shape index (κ3) is 5.62. The Morgan fingerprint density at radius 1 is 1.26 bits per heavy atom. The number of rotatable bonds is 8. The third-order valence-electron chi connectivity index (χ3n) is 5.52. The Bertz CT molecular complexity index is 895. The summed E-state index contributed by atoms with van der Waals surface area (Å²) in [6, 6.07) is 11.9. The van der Waals surface area contributed by atoms with Crippen LogP contribution in [0.1, 0.15) is 24.0 Å². The van der Waals surface area contributed by atoms with Crippen molar-refractivity contribution in [2.75, 3.05) is 38.8 Å². The molecule has 7 heteroatoms. The van der Waals surface area contributed by atoms with E-state index < -0.39 is 5.60 Å². The van der Waals surface area contributed by atoms with Gasteiger partial charge in [0, 0.05) is 58.5 Å². The molecule has 2 amide bonds. The van der Waals surface area contributed by atoms with Crippen LogP contribution in [-0.2, 0) is 21.7 Å². The van der Waals surface area contributed by atoms with Crippen LogP contribution in [0.2, 0.25) is 0 Å². The van der Waals surface area contributed by atoms with Crippen molar-refractivity contribution in [2.45, 2.75) is 25.0 Å². The molecule has 0 unspecified atom stereocenters. The average molecular weight is 429 g/mol. The minimum Gasteiger partial charge on any atom is -0.489 e. The maximum Gasteiger partial charge on any atom is 0.321 e. The van der Waals surface area contributed by atoms with Gasteiger partial charge in [-0.05, 0) is 35.4 Å². The van der Waals surface area contributed by atoms with Gasteiger partial charge in [-0.2, -0.15) is 0 Å². The van der Waals surface area contributed by atoms with Gasteiger partial charge in [0.1, 0.15) is 18.2 Å². The lowest BCUT2D eigenvalue weighted by Crippen LogP contribution is -2.37. The van der Waals surface area contributed by atoms with Crippen molar-refractivity contribution in [1.29, 1.82) is 0 Å². The smallest absolute Gasteiger partial charge is 0.321 e. The van der Waals surface area contributed by atoms with Crippen LogP contribution in [0.25, 0.3) is 0 Å². The maximum absolute atomic E-state index is 14.3. The lowest BCUT2D eigenvalue weighted by molar-refractivity contribution is -0.0950. The van der Waals surface area contributed by atoms with E-state index in [0.29, 0.717) is 38.3 Å². The summed E-state index contributed by atoms with van der Waals surface area (Å²) in [5, 5.41) is 2.73. The summed E-state index contributed by atoms with van der Waals surface area (Å²) in [4.78, 5) is 13.6. The number of hydrogen-bond acceptors (Lipinski definition) is 4. The van der Waals surface area contributed by atoms with Crippen molar-refractivity contribution in [1.82, 2.24) is 5.32 Å². The van der Waals surface area contributed by atoms with Crippen molar-refractivity contribution in [3.05, 3.63) is 72.1 Å². The van der Waals surface area contributed by atoms with Gasteiger partial charge < -0.3 is 19.5 Å². The number of halogens is 1. The molecule has 6 nitrogen and oxygen atoms in total. The highest BCUT2D eigenvalue weighted by atomic mass is 19.1. The zero-order valence-electron chi connectivity index (χ0n) is 18.0. The van der Waals surface area contributed by atoms with Crippen LogP contribution in [-0.4, -0.2) is 39.9 Å². The first kappa shape index (κ1) is 22.8. The minimum atomic E-state index is -0.559. The molecule has 0 aromatic heterocycles. The second kappa shape index (κ2) is 10.4. The number of urea groups is 1. The minimum absolute atomic E-state index is 0.212. The fraction of sp³-hybridized carbons (Fsp3) is 0.375. The largest absolute Gasteiger partial charge is 0.489 e. The van der Waals surface area contributed by atoms with Crippen LogP contribution < -0.4 is 15.0 Å². The number of carbonyl (C=O) groups excluding carboxylic acids is 1. The summed E-state index contributed by atoms with van der Waals surface area (Å²) in [6.45, 7) is 5.42. The highest BCUT2D eigenvalue weighted by Gasteiger charge is 2.35. The summed E-state index contributed by atoms with van der Waals surface area (Å²) in [5.74, 6) is 0.0841. The van der Waals surface area contributed by atoms with E-state index >= 15 is 0 Å². The van der Waals surface area contributed by atoms with E-state index in [1.54, 1.807) is 20.2 Å². The number of anilines is 1. The predicted octanol–water partition coefficient (Wildman–Crippen LogP) is 4.39. The first-order chi connectivity index (χ1) is 15.0. The van der Waals surface area contributed by atoms with Crippen molar-refractivity contribution in [3.63, 3.8) is 0 Å². The van der Waals surface area contributed by atoms with Crippen LogP contribution in [0.15, 0.2) is 55.1 Å². The number of methoxy groups -OCH3 is 1. The molecular formula is C24H29FN2O4. The summed E-state index contributed by atoms with van der Waals surface area (Å²) >= 11 is 0. The third-order valence-corrected chi connectivity index (χ3v) is 5.52. The van der Waals surface area contributed by atoms with Gasteiger partial charge in [0.05, 0.1) is 5.60 Å². The Morgan fingerprint density at radius 2 is 1.97 bits per heavy atom. The van der Waals surface area contributed by atoms with E-state index in [2.05, 4.69) is 11.9 Å². The van der Waals surface area contributed by atoms with E-state index in [4.69, 9.17) is 14.2 Å². The van der Waals surface area contributed by atoms with Crippen molar-refractivity contribution < 1.29 is 23.4 Å². The molecular weight excluding hydrogens is 399 g/mol. The molecule has 1 saturated heterocycles. The Labute approximate surface area is 182 Å². The summed E-state index contributed by atoms with van der Waals surface area (Å²) in [5.41, 5.74) is 1.86. The number of nitrogens with zero attached hydrogens (tertiary/aromatic N) is 1. The van der Waals surface area contributed by atoms with Crippen molar-refractivity contribution in [2.24, 2.45) is 0 Å². The van der Waals surface area contributed by atoms with Crippen molar-refractivity contribution in [3.8, 4) is 5.75 Å². The Kier molecular flexibility index (Phi) is 7.65. The first-order valence-electron chi connectivity index (χ1n) is 10.3. The highest BCUT2D eigenvalue weighted by molar-refractivity contribution is 5.91. The molecule has 1 aliphatic heterocycles. The van der Waals surface area contributed by atoms with E-state index in [9.17, 15) is 9.18 Å². The van der Waals surface area contributed by atoms with Crippen molar-refractivity contribution >= 4 is 11.7 Å². The Balaban J connectivity index is 1.66. The fourth-order valence-electron chi connectivity index (χ4n) is 3.60. The molecule has 2 aromatic carbocycles. The number of amides is 2. The number of benzene rings is 2. The molecule has 1 fully saturated rings. The molecule has 0 atom stereocenters. The number of carbonyl (C=O) groups is 1. The van der Waals surface area contributed by atoms with E-state index in [0.717, 1.165) is 16.8 Å². The molecule has 31 heavy (non-hydrogen) atoms. The molecule has 1 N–H and O–H groups in total. The first-order valence-corrected chi connectivity index (χ1v) is 10.3. The zero-order chi connectivity index (χ0) is 22.3. The zero-order valence-corrected chi connectivity index (χ0v) is 18.0. The molecule has 0 bridgehead atoms. The van der Waals surface area contributed by atoms with E-state index in [1.807, 2.05) is 30.3 Å². The summed E-state index contributed by atoms with van der Waals surface area (Å²) < 4.78 is 31.4. The molecule has 0 saturated carbocycles. The molecule has 0 spiro atoms. The molecule has 2 aromatic rings. The van der Waals surface area contributed by atoms with Gasteiger partial charge >= 0.3 is 6.03 Å². The van der Waals surface area contributed by atoms with Crippen LogP contribution >= 0.6 is 0 Å². The van der Waals surface area contributed by atoms with Gasteiger partial charge in [0.25, 0.3) is 0 Å². The second-order valence-corrected chi connectivity index (χ2v) is 7.48. The summed E-state index contributed by atoms with van der Waals surface area (Å²) in [6.07, 6.45) is 2.96. The van der Waals surface area contributed by atoms with E-state index in [-0.39, 0.29) is 18.5 Å². The normalized spacial score (nSPS) is 15.2. The number of hydrogen-bond donors (Lipinski definition) is 1. The van der Waals surface area contributed by atoms with Crippen LogP contribution in [0, 0.1) is 5.82 Å². The fourth-order valence-corrected chi connectivity index (χ4v) is 3.60. The van der Waals surface area contributed by atoms with E-state index in [1.165, 1.54) is 17.0 Å². The van der Waals surface area contributed by atoms with Gasteiger partial charge in [0.2, 0.25) is 0 Å². The number of nitrogens with one attached hydrogen (secondary N) is 1. The van der Waals surface area contributed by atoms with Crippen LogP contribution in [0.3, 0.4) is 0 Å². The SMILES string of the molecule is C=CCNC(=O)N(C)c1ccc(COc2cc(F)cc(C3(OC)CCOCC3)c2)cc1. The van der Waals surface area contributed by atoms with Crippen LogP contribution in [0.5, 0.6) is 5.75 Å². The monoisotopic (exact) mass is 428 g/mol. The van der Waals surface area contributed by atoms with Gasteiger partial charge in [-0.3, -0.25) is 4.90 Å². The second-order valence-electron chi connectivity index (χ2n) is 7.48. The lowest BCUT2D eigenvalue weighted by Gasteiger charge is -2.36. The average Bonchev–Trinajstić information content (AvgIpc) is 2.81. The lowest BCUT2D eigenvalue weighted by atomic mass is 9.86. The molecule has 166 valence electrons. The molecule has 3 rings (SSSR count).